The summed E-state index contributed by atoms with van der Waals surface area (Å²) in [6.45, 7) is 1.93. The van der Waals surface area contributed by atoms with Gasteiger partial charge in [-0.15, -0.1) is 11.8 Å². The molecule has 0 saturated carbocycles. The summed E-state index contributed by atoms with van der Waals surface area (Å²) >= 11 is 1.15. The van der Waals surface area contributed by atoms with E-state index in [9.17, 15) is 18.8 Å². The Morgan fingerprint density at radius 1 is 1.20 bits per heavy atom. The molecule has 0 bridgehead atoms. The number of carbonyl (C=O) groups is 3. The number of anilines is 1. The fourth-order valence-corrected chi connectivity index (χ4v) is 3.73. The van der Waals surface area contributed by atoms with Crippen LogP contribution in [-0.2, 0) is 9.59 Å². The molecule has 8 nitrogen and oxygen atoms in total. The second-order valence-corrected chi connectivity index (χ2v) is 7.83. The molecule has 158 valence electrons. The van der Waals surface area contributed by atoms with Crippen molar-refractivity contribution in [1.82, 2.24) is 16.0 Å². The molecule has 1 saturated heterocycles. The molecule has 3 unspecified atom stereocenters. The van der Waals surface area contributed by atoms with E-state index >= 15 is 0 Å². The molecule has 1 aliphatic heterocycles. The van der Waals surface area contributed by atoms with Gasteiger partial charge in [0.05, 0.1) is 17.5 Å². The molecule has 30 heavy (non-hydrogen) atoms. The molecular formula is C20H22FN5O3S. The highest BCUT2D eigenvalue weighted by molar-refractivity contribution is 8.00. The molecule has 1 aliphatic rings. The Labute approximate surface area is 177 Å². The average Bonchev–Trinajstić information content (AvgIpc) is 2.69. The van der Waals surface area contributed by atoms with Gasteiger partial charge in [-0.2, -0.15) is 0 Å². The Balaban J connectivity index is 1.50. The van der Waals surface area contributed by atoms with E-state index in [1.54, 1.807) is 6.07 Å². The standard InChI is InChI=1S/C20H22FN5O3S/c1-11-5-4-6-12(9-11)23-15(27)10-30-20-25-17(22)16(19(29)26-20)24-18(28)13-7-2-3-8-14(13)21/h2-9,16-17,20,25H,10,22H2,1H3,(H,23,27)(H,24,28)(H,26,29). The molecule has 0 aliphatic carbocycles. The number of rotatable bonds is 6. The maximum atomic E-state index is 13.8. The lowest BCUT2D eigenvalue weighted by molar-refractivity contribution is -0.125. The maximum Gasteiger partial charge on any atom is 0.254 e. The van der Waals surface area contributed by atoms with Gasteiger partial charge in [0.25, 0.3) is 5.91 Å². The smallest absolute Gasteiger partial charge is 0.254 e. The zero-order chi connectivity index (χ0) is 21.7. The zero-order valence-corrected chi connectivity index (χ0v) is 17.0. The summed E-state index contributed by atoms with van der Waals surface area (Å²) in [5, 5.41) is 10.8. The largest absolute Gasteiger partial charge is 0.338 e. The molecule has 2 aromatic rings. The lowest BCUT2D eigenvalue weighted by Gasteiger charge is -2.35. The first-order valence-corrected chi connectivity index (χ1v) is 10.2. The van der Waals surface area contributed by atoms with Crippen LogP contribution in [0.15, 0.2) is 48.5 Å². The van der Waals surface area contributed by atoms with Gasteiger partial charge in [-0.05, 0) is 36.8 Å². The number of amides is 3. The van der Waals surface area contributed by atoms with Crippen LogP contribution in [0, 0.1) is 12.7 Å². The molecular weight excluding hydrogens is 409 g/mol. The molecule has 3 rings (SSSR count). The number of benzene rings is 2. The van der Waals surface area contributed by atoms with E-state index in [0.29, 0.717) is 5.69 Å². The Bertz CT molecular complexity index is 958. The lowest BCUT2D eigenvalue weighted by atomic mass is 10.1. The van der Waals surface area contributed by atoms with E-state index in [4.69, 9.17) is 5.73 Å². The molecule has 1 fully saturated rings. The van der Waals surface area contributed by atoms with Crippen molar-refractivity contribution in [2.24, 2.45) is 5.73 Å². The maximum absolute atomic E-state index is 13.8. The number of aryl methyl sites for hydroxylation is 1. The van der Waals surface area contributed by atoms with Crippen molar-refractivity contribution in [3.63, 3.8) is 0 Å². The van der Waals surface area contributed by atoms with E-state index < -0.39 is 35.3 Å². The number of halogens is 1. The van der Waals surface area contributed by atoms with Crippen LogP contribution >= 0.6 is 11.8 Å². The quantitative estimate of drug-likeness (QED) is 0.463. The van der Waals surface area contributed by atoms with E-state index in [-0.39, 0.29) is 17.2 Å². The first kappa shape index (κ1) is 21.8. The van der Waals surface area contributed by atoms with E-state index in [0.717, 1.165) is 23.4 Å². The molecule has 10 heteroatoms. The highest BCUT2D eigenvalue weighted by atomic mass is 32.2. The van der Waals surface area contributed by atoms with Crippen LogP contribution in [0.2, 0.25) is 0 Å². The molecule has 2 aromatic carbocycles. The number of nitrogens with one attached hydrogen (secondary N) is 4. The second-order valence-electron chi connectivity index (χ2n) is 6.74. The third-order valence-electron chi connectivity index (χ3n) is 4.35. The summed E-state index contributed by atoms with van der Waals surface area (Å²) < 4.78 is 13.8. The minimum absolute atomic E-state index is 0.0743. The van der Waals surface area contributed by atoms with Gasteiger partial charge >= 0.3 is 0 Å². The minimum Gasteiger partial charge on any atom is -0.338 e. The Kier molecular flexibility index (Phi) is 7.03. The highest BCUT2D eigenvalue weighted by Crippen LogP contribution is 2.14. The monoisotopic (exact) mass is 431 g/mol. The van der Waals surface area contributed by atoms with Crippen molar-refractivity contribution in [3.05, 3.63) is 65.5 Å². The number of hydrogen-bond donors (Lipinski definition) is 5. The zero-order valence-electron chi connectivity index (χ0n) is 16.1. The van der Waals surface area contributed by atoms with Crippen LogP contribution < -0.4 is 27.0 Å². The summed E-state index contributed by atoms with van der Waals surface area (Å²) in [6, 6.07) is 11.8. The second kappa shape index (κ2) is 9.70. The number of nitrogens with two attached hydrogens (primary N) is 1. The van der Waals surface area contributed by atoms with Crippen LogP contribution in [-0.4, -0.2) is 41.2 Å². The van der Waals surface area contributed by atoms with Gasteiger partial charge in [-0.1, -0.05) is 24.3 Å². The molecule has 3 amide bonds. The molecule has 0 aromatic heterocycles. The first-order valence-electron chi connectivity index (χ1n) is 9.19. The fraction of sp³-hybridized carbons (Fsp3) is 0.250. The van der Waals surface area contributed by atoms with Crippen LogP contribution in [0.25, 0.3) is 0 Å². The molecule has 6 N–H and O–H groups in total. The SMILES string of the molecule is Cc1cccc(NC(=O)CSC2NC(=O)C(NC(=O)c3ccccc3F)C(N)N2)c1. The average molecular weight is 431 g/mol. The summed E-state index contributed by atoms with van der Waals surface area (Å²) in [7, 11) is 0. The van der Waals surface area contributed by atoms with E-state index in [1.807, 2.05) is 25.1 Å². The molecule has 0 spiro atoms. The summed E-state index contributed by atoms with van der Waals surface area (Å²) in [5.41, 5.74) is 6.90. The number of hydrogen-bond acceptors (Lipinski definition) is 6. The summed E-state index contributed by atoms with van der Waals surface area (Å²) in [4.78, 5) is 36.8. The Morgan fingerprint density at radius 3 is 2.67 bits per heavy atom. The summed E-state index contributed by atoms with van der Waals surface area (Å²) in [6.07, 6.45) is -0.910. The normalized spacial score (nSPS) is 20.9. The van der Waals surface area contributed by atoms with Gasteiger partial charge in [0.15, 0.2) is 0 Å². The molecule has 0 radical (unpaired) electrons. The number of carbonyl (C=O) groups excluding carboxylic acids is 3. The molecule has 3 atom stereocenters. The van der Waals surface area contributed by atoms with Crippen molar-refractivity contribution in [3.8, 4) is 0 Å². The number of thioether (sulfide) groups is 1. The van der Waals surface area contributed by atoms with E-state index in [1.165, 1.54) is 18.2 Å². The van der Waals surface area contributed by atoms with Crippen molar-refractivity contribution in [2.45, 2.75) is 24.6 Å². The Hall–Kier alpha value is -2.95. The topological polar surface area (TPSA) is 125 Å². The van der Waals surface area contributed by atoms with Gasteiger partial charge in [-0.25, -0.2) is 4.39 Å². The third kappa shape index (κ3) is 5.56. The predicted octanol–water partition coefficient (Wildman–Crippen LogP) is 0.892. The van der Waals surface area contributed by atoms with Gasteiger partial charge in [0, 0.05) is 5.69 Å². The third-order valence-corrected chi connectivity index (χ3v) is 5.36. The molecule has 1 heterocycles. The van der Waals surface area contributed by atoms with Gasteiger partial charge in [0.2, 0.25) is 11.8 Å². The van der Waals surface area contributed by atoms with Crippen molar-refractivity contribution >= 4 is 35.2 Å². The highest BCUT2D eigenvalue weighted by Gasteiger charge is 2.35. The minimum atomic E-state index is -1.09. The van der Waals surface area contributed by atoms with Crippen LogP contribution in [0.5, 0.6) is 0 Å². The van der Waals surface area contributed by atoms with Crippen LogP contribution in [0.1, 0.15) is 15.9 Å². The van der Waals surface area contributed by atoms with Gasteiger partial charge in [0.1, 0.15) is 17.4 Å². The predicted molar refractivity (Wildman–Crippen MR) is 113 cm³/mol. The van der Waals surface area contributed by atoms with Crippen LogP contribution in [0.4, 0.5) is 10.1 Å². The van der Waals surface area contributed by atoms with Crippen molar-refractivity contribution in [1.29, 1.82) is 0 Å². The van der Waals surface area contributed by atoms with Gasteiger partial charge in [-0.3, -0.25) is 19.7 Å². The Morgan fingerprint density at radius 2 is 1.97 bits per heavy atom. The van der Waals surface area contributed by atoms with Crippen molar-refractivity contribution < 1.29 is 18.8 Å². The van der Waals surface area contributed by atoms with Crippen LogP contribution in [0.3, 0.4) is 0 Å². The van der Waals surface area contributed by atoms with Crippen molar-refractivity contribution in [2.75, 3.05) is 11.1 Å². The fourth-order valence-electron chi connectivity index (χ4n) is 2.88. The van der Waals surface area contributed by atoms with Gasteiger partial charge < -0.3 is 21.7 Å². The van der Waals surface area contributed by atoms with E-state index in [2.05, 4.69) is 21.3 Å². The first-order chi connectivity index (χ1) is 14.3. The lowest BCUT2D eigenvalue weighted by Crippen LogP contribution is -2.70. The summed E-state index contributed by atoms with van der Waals surface area (Å²) in [5.74, 6) is -2.12.